The number of benzene rings is 1. The number of amides is 2. The van der Waals surface area contributed by atoms with E-state index in [0.29, 0.717) is 13.1 Å². The van der Waals surface area contributed by atoms with E-state index in [-0.39, 0.29) is 6.03 Å². The Balaban J connectivity index is 1.44. The molecule has 0 unspecified atom stereocenters. The van der Waals surface area contributed by atoms with Gasteiger partial charge in [-0.15, -0.1) is 0 Å². The smallest absolute Gasteiger partial charge is 0.317 e. The average molecular weight is 326 g/mol. The number of furan rings is 1. The zero-order valence-corrected chi connectivity index (χ0v) is 14.0. The van der Waals surface area contributed by atoms with Crippen molar-refractivity contribution >= 4 is 17.0 Å². The SMILES string of the molecule is Cc1cnn(CCCNC(=O)N(C)Cc2cc3ccccc3o2)c1. The highest BCUT2D eigenvalue weighted by molar-refractivity contribution is 5.78. The molecule has 0 aliphatic rings. The van der Waals surface area contributed by atoms with E-state index >= 15 is 0 Å². The van der Waals surface area contributed by atoms with Crippen molar-refractivity contribution in [3.8, 4) is 0 Å². The molecule has 3 aromatic rings. The molecule has 0 atom stereocenters. The van der Waals surface area contributed by atoms with E-state index in [1.54, 1.807) is 11.9 Å². The molecule has 0 fully saturated rings. The number of urea groups is 1. The molecule has 3 rings (SSSR count). The van der Waals surface area contributed by atoms with Crippen LogP contribution in [0.25, 0.3) is 11.0 Å². The summed E-state index contributed by atoms with van der Waals surface area (Å²) in [7, 11) is 1.76. The number of rotatable bonds is 6. The second-order valence-corrected chi connectivity index (χ2v) is 5.97. The van der Waals surface area contributed by atoms with Crippen molar-refractivity contribution in [1.29, 1.82) is 0 Å². The lowest BCUT2D eigenvalue weighted by Gasteiger charge is -2.16. The van der Waals surface area contributed by atoms with Gasteiger partial charge in [-0.2, -0.15) is 5.10 Å². The molecule has 2 aromatic heterocycles. The summed E-state index contributed by atoms with van der Waals surface area (Å²) in [6.07, 6.45) is 4.67. The molecule has 0 spiro atoms. The fourth-order valence-corrected chi connectivity index (χ4v) is 2.58. The van der Waals surface area contributed by atoms with Crippen LogP contribution in [0.3, 0.4) is 0 Å². The Hall–Kier alpha value is -2.76. The molecule has 6 nitrogen and oxygen atoms in total. The van der Waals surface area contributed by atoms with Gasteiger partial charge in [0.1, 0.15) is 11.3 Å². The number of carbonyl (C=O) groups is 1. The quantitative estimate of drug-likeness (QED) is 0.708. The van der Waals surface area contributed by atoms with Gasteiger partial charge in [-0.25, -0.2) is 4.79 Å². The average Bonchev–Trinajstić information content (AvgIpc) is 3.16. The summed E-state index contributed by atoms with van der Waals surface area (Å²) in [5, 5.41) is 8.19. The Kier molecular flexibility index (Phi) is 4.84. The summed E-state index contributed by atoms with van der Waals surface area (Å²) >= 11 is 0. The van der Waals surface area contributed by atoms with Crippen LogP contribution in [0.4, 0.5) is 4.79 Å². The van der Waals surface area contributed by atoms with E-state index in [2.05, 4.69) is 10.4 Å². The van der Waals surface area contributed by atoms with Crippen LogP contribution < -0.4 is 5.32 Å². The number of aromatic nitrogens is 2. The highest BCUT2D eigenvalue weighted by Crippen LogP contribution is 2.19. The molecule has 0 aliphatic heterocycles. The molecule has 6 heteroatoms. The zero-order valence-electron chi connectivity index (χ0n) is 14.0. The van der Waals surface area contributed by atoms with Crippen molar-refractivity contribution in [2.24, 2.45) is 0 Å². The van der Waals surface area contributed by atoms with Crippen LogP contribution in [0.2, 0.25) is 0 Å². The fraction of sp³-hybridized carbons (Fsp3) is 0.333. The number of aryl methyl sites for hydroxylation is 2. The van der Waals surface area contributed by atoms with Crippen molar-refractivity contribution in [2.75, 3.05) is 13.6 Å². The third-order valence-electron chi connectivity index (χ3n) is 3.82. The predicted molar refractivity (Wildman–Crippen MR) is 92.7 cm³/mol. The molecule has 0 saturated heterocycles. The molecule has 1 N–H and O–H groups in total. The maximum absolute atomic E-state index is 12.1. The van der Waals surface area contributed by atoms with Gasteiger partial charge in [0, 0.05) is 31.7 Å². The van der Waals surface area contributed by atoms with Crippen LogP contribution in [-0.4, -0.2) is 34.3 Å². The van der Waals surface area contributed by atoms with Gasteiger partial charge < -0.3 is 14.6 Å². The Morgan fingerprint density at radius 1 is 1.38 bits per heavy atom. The van der Waals surface area contributed by atoms with E-state index < -0.39 is 0 Å². The van der Waals surface area contributed by atoms with Crippen molar-refractivity contribution in [3.05, 3.63) is 54.0 Å². The van der Waals surface area contributed by atoms with Crippen molar-refractivity contribution in [2.45, 2.75) is 26.4 Å². The summed E-state index contributed by atoms with van der Waals surface area (Å²) in [4.78, 5) is 13.7. The normalized spacial score (nSPS) is 10.9. The van der Waals surface area contributed by atoms with Crippen LogP contribution in [-0.2, 0) is 13.1 Å². The first-order valence-corrected chi connectivity index (χ1v) is 8.07. The minimum absolute atomic E-state index is 0.105. The largest absolute Gasteiger partial charge is 0.459 e. The summed E-state index contributed by atoms with van der Waals surface area (Å²) in [6, 6.07) is 9.70. The Labute approximate surface area is 141 Å². The van der Waals surface area contributed by atoms with Crippen LogP contribution >= 0.6 is 0 Å². The summed E-state index contributed by atoms with van der Waals surface area (Å²) < 4.78 is 7.63. The predicted octanol–water partition coefficient (Wildman–Crippen LogP) is 3.17. The second kappa shape index (κ2) is 7.21. The number of para-hydroxylation sites is 1. The maximum atomic E-state index is 12.1. The highest BCUT2D eigenvalue weighted by Gasteiger charge is 2.11. The maximum Gasteiger partial charge on any atom is 0.317 e. The van der Waals surface area contributed by atoms with Gasteiger partial charge in [-0.3, -0.25) is 4.68 Å². The lowest BCUT2D eigenvalue weighted by Crippen LogP contribution is -2.37. The molecule has 24 heavy (non-hydrogen) atoms. The van der Waals surface area contributed by atoms with Crippen molar-refractivity contribution in [1.82, 2.24) is 20.0 Å². The molecular weight excluding hydrogens is 304 g/mol. The van der Waals surface area contributed by atoms with Crippen LogP contribution in [0.1, 0.15) is 17.7 Å². The third kappa shape index (κ3) is 3.95. The first kappa shape index (κ1) is 16.1. The molecule has 0 saturated carbocycles. The molecular formula is C18H22N4O2. The van der Waals surface area contributed by atoms with Crippen molar-refractivity contribution in [3.63, 3.8) is 0 Å². The molecule has 0 radical (unpaired) electrons. The van der Waals surface area contributed by atoms with E-state index in [1.165, 1.54) is 0 Å². The number of nitrogens with zero attached hydrogens (tertiary/aromatic N) is 3. The van der Waals surface area contributed by atoms with E-state index in [4.69, 9.17) is 4.42 Å². The molecule has 1 aromatic carbocycles. The fourth-order valence-electron chi connectivity index (χ4n) is 2.58. The van der Waals surface area contributed by atoms with Gasteiger partial charge in [0.15, 0.2) is 0 Å². The Morgan fingerprint density at radius 3 is 2.96 bits per heavy atom. The van der Waals surface area contributed by atoms with E-state index in [1.807, 2.05) is 54.3 Å². The van der Waals surface area contributed by atoms with E-state index in [9.17, 15) is 4.79 Å². The minimum atomic E-state index is -0.105. The van der Waals surface area contributed by atoms with E-state index in [0.717, 1.165) is 35.3 Å². The molecule has 0 bridgehead atoms. The summed E-state index contributed by atoms with van der Waals surface area (Å²) in [5.74, 6) is 0.779. The Morgan fingerprint density at radius 2 is 2.21 bits per heavy atom. The summed E-state index contributed by atoms with van der Waals surface area (Å²) in [6.45, 7) is 3.86. The molecule has 0 aliphatic carbocycles. The van der Waals surface area contributed by atoms with Gasteiger partial charge in [-0.1, -0.05) is 18.2 Å². The number of nitrogens with one attached hydrogen (secondary N) is 1. The lowest BCUT2D eigenvalue weighted by atomic mass is 10.2. The van der Waals surface area contributed by atoms with Gasteiger partial charge >= 0.3 is 6.03 Å². The monoisotopic (exact) mass is 326 g/mol. The topological polar surface area (TPSA) is 63.3 Å². The van der Waals surface area contributed by atoms with Crippen molar-refractivity contribution < 1.29 is 9.21 Å². The number of hydrogen-bond acceptors (Lipinski definition) is 3. The zero-order chi connectivity index (χ0) is 16.9. The molecule has 2 heterocycles. The number of carbonyl (C=O) groups excluding carboxylic acids is 1. The van der Waals surface area contributed by atoms with Crippen LogP contribution in [0.5, 0.6) is 0 Å². The van der Waals surface area contributed by atoms with Crippen LogP contribution in [0.15, 0.2) is 47.1 Å². The first-order valence-electron chi connectivity index (χ1n) is 8.07. The van der Waals surface area contributed by atoms with Gasteiger partial charge in [0.25, 0.3) is 0 Å². The molecule has 2 amide bonds. The molecule has 126 valence electrons. The second-order valence-electron chi connectivity index (χ2n) is 5.97. The third-order valence-corrected chi connectivity index (χ3v) is 3.82. The van der Waals surface area contributed by atoms with Crippen LogP contribution in [0, 0.1) is 6.92 Å². The number of hydrogen-bond donors (Lipinski definition) is 1. The standard InChI is InChI=1S/C18H22N4O2/c1-14-11-20-22(12-14)9-5-8-19-18(23)21(2)13-16-10-15-6-3-4-7-17(15)24-16/h3-4,6-7,10-12H,5,8-9,13H2,1-2H3,(H,19,23). The minimum Gasteiger partial charge on any atom is -0.459 e. The highest BCUT2D eigenvalue weighted by atomic mass is 16.3. The van der Waals surface area contributed by atoms with Gasteiger partial charge in [0.2, 0.25) is 0 Å². The number of fused-ring (bicyclic) bond motifs is 1. The Bertz CT molecular complexity index is 788. The first-order chi connectivity index (χ1) is 11.6. The van der Waals surface area contributed by atoms with Gasteiger partial charge in [0.05, 0.1) is 12.7 Å². The van der Waals surface area contributed by atoms with Gasteiger partial charge in [-0.05, 0) is 31.0 Å². The summed E-state index contributed by atoms with van der Waals surface area (Å²) in [5.41, 5.74) is 1.99. The lowest BCUT2D eigenvalue weighted by molar-refractivity contribution is 0.203.